The van der Waals surface area contributed by atoms with Gasteiger partial charge < -0.3 is 10.1 Å². The van der Waals surface area contributed by atoms with E-state index in [4.69, 9.17) is 27.9 Å². The molecule has 1 saturated heterocycles. The Labute approximate surface area is 143 Å². The molecule has 0 radical (unpaired) electrons. The Morgan fingerprint density at radius 3 is 2.30 bits per heavy atom. The van der Waals surface area contributed by atoms with Crippen LogP contribution >= 0.6 is 23.2 Å². The number of hydrogen-bond donors (Lipinski definition) is 1. The van der Waals surface area contributed by atoms with Crippen molar-refractivity contribution in [3.63, 3.8) is 0 Å². The van der Waals surface area contributed by atoms with Crippen LogP contribution in [0.2, 0.25) is 10.0 Å². The molecule has 1 heterocycles. The number of rotatable bonds is 4. The van der Waals surface area contributed by atoms with E-state index >= 15 is 0 Å². The summed E-state index contributed by atoms with van der Waals surface area (Å²) in [5.74, 6) is -1.76. The fraction of sp³-hybridized carbons (Fsp3) is 0.294. The number of ether oxygens (including phenoxy) is 1. The lowest BCUT2D eigenvalue weighted by Gasteiger charge is -2.26. The molecule has 0 unspecified atom stereocenters. The zero-order valence-electron chi connectivity index (χ0n) is 12.2. The topological polar surface area (TPSA) is 21.3 Å². The molecule has 122 valence electrons. The Kier molecular flexibility index (Phi) is 5.05. The highest BCUT2D eigenvalue weighted by molar-refractivity contribution is 6.37. The van der Waals surface area contributed by atoms with Gasteiger partial charge >= 0.3 is 0 Å². The van der Waals surface area contributed by atoms with E-state index in [1.165, 1.54) is 0 Å². The van der Waals surface area contributed by atoms with Crippen LogP contribution in [0.1, 0.15) is 18.1 Å². The van der Waals surface area contributed by atoms with E-state index in [1.54, 1.807) is 0 Å². The van der Waals surface area contributed by atoms with E-state index in [2.05, 4.69) is 5.32 Å². The van der Waals surface area contributed by atoms with Crippen molar-refractivity contribution in [3.05, 3.63) is 63.6 Å². The van der Waals surface area contributed by atoms with Gasteiger partial charge in [-0.1, -0.05) is 53.5 Å². The first-order valence-corrected chi connectivity index (χ1v) is 8.09. The van der Waals surface area contributed by atoms with E-state index in [9.17, 15) is 8.78 Å². The molecule has 0 saturated carbocycles. The molecule has 0 bridgehead atoms. The van der Waals surface area contributed by atoms with Crippen LogP contribution in [-0.2, 0) is 0 Å². The number of nitrogens with one attached hydrogen (secondary N) is 1. The molecular weight excluding hydrogens is 343 g/mol. The van der Waals surface area contributed by atoms with E-state index in [0.29, 0.717) is 6.07 Å². The Hall–Kier alpha value is -1.36. The molecule has 0 spiro atoms. The van der Waals surface area contributed by atoms with Crippen LogP contribution < -0.4 is 10.1 Å². The van der Waals surface area contributed by atoms with Gasteiger partial charge in [-0.15, -0.1) is 0 Å². The largest absolute Gasteiger partial charge is 0.482 e. The Morgan fingerprint density at radius 2 is 1.74 bits per heavy atom. The van der Waals surface area contributed by atoms with Crippen LogP contribution in [0.25, 0.3) is 0 Å². The minimum absolute atomic E-state index is 0.147. The first-order chi connectivity index (χ1) is 11.1. The van der Waals surface area contributed by atoms with E-state index in [-0.39, 0.29) is 27.8 Å². The first-order valence-electron chi connectivity index (χ1n) is 7.33. The second-order valence-corrected chi connectivity index (χ2v) is 6.26. The van der Waals surface area contributed by atoms with Crippen molar-refractivity contribution >= 4 is 23.2 Å². The molecule has 1 N–H and O–H groups in total. The van der Waals surface area contributed by atoms with Gasteiger partial charge in [-0.05, 0) is 18.5 Å². The molecule has 2 aromatic rings. The highest BCUT2D eigenvalue weighted by Crippen LogP contribution is 2.41. The minimum atomic E-state index is -0.889. The quantitative estimate of drug-likeness (QED) is 0.777. The van der Waals surface area contributed by atoms with Gasteiger partial charge in [0.05, 0.1) is 0 Å². The van der Waals surface area contributed by atoms with E-state index in [0.717, 1.165) is 25.1 Å². The Morgan fingerprint density at radius 1 is 1.09 bits per heavy atom. The van der Waals surface area contributed by atoms with Gasteiger partial charge in [0.15, 0.2) is 5.75 Å². The summed E-state index contributed by atoms with van der Waals surface area (Å²) < 4.78 is 33.4. The van der Waals surface area contributed by atoms with Gasteiger partial charge in [0.25, 0.3) is 0 Å². The Bertz CT molecular complexity index is 664. The van der Waals surface area contributed by atoms with Gasteiger partial charge in [-0.3, -0.25) is 0 Å². The third kappa shape index (κ3) is 3.44. The Balaban J connectivity index is 1.99. The van der Waals surface area contributed by atoms with Crippen molar-refractivity contribution in [2.75, 3.05) is 13.1 Å². The summed E-state index contributed by atoms with van der Waals surface area (Å²) in [4.78, 5) is 0. The predicted octanol–water partition coefficient (Wildman–Crippen LogP) is 5.00. The zero-order chi connectivity index (χ0) is 16.4. The summed E-state index contributed by atoms with van der Waals surface area (Å²) in [6.45, 7) is 1.63. The van der Waals surface area contributed by atoms with Crippen molar-refractivity contribution in [1.82, 2.24) is 5.32 Å². The lowest BCUT2D eigenvalue weighted by molar-refractivity contribution is 0.143. The monoisotopic (exact) mass is 357 g/mol. The van der Waals surface area contributed by atoms with Gasteiger partial charge in [0, 0.05) is 18.5 Å². The second-order valence-electron chi connectivity index (χ2n) is 5.50. The molecule has 6 heteroatoms. The number of halogens is 4. The maximum Gasteiger partial charge on any atom is 0.163 e. The molecule has 0 amide bonds. The smallest absolute Gasteiger partial charge is 0.163 e. The van der Waals surface area contributed by atoms with E-state index < -0.39 is 11.6 Å². The third-order valence-electron chi connectivity index (χ3n) is 3.97. The molecule has 2 atom stereocenters. The number of benzene rings is 2. The molecule has 1 aliphatic heterocycles. The molecular formula is C17H15Cl2F2NO. The van der Waals surface area contributed by atoms with E-state index in [1.807, 2.05) is 30.3 Å². The maximum absolute atomic E-state index is 13.7. The van der Waals surface area contributed by atoms with Crippen LogP contribution in [0.3, 0.4) is 0 Å². The molecule has 3 rings (SSSR count). The molecule has 2 aromatic carbocycles. The summed E-state index contributed by atoms with van der Waals surface area (Å²) in [6.07, 6.45) is 0.509. The normalized spacial score (nSPS) is 18.9. The second kappa shape index (κ2) is 7.04. The molecule has 0 aromatic heterocycles. The molecule has 1 fully saturated rings. The van der Waals surface area contributed by atoms with Crippen molar-refractivity contribution in [3.8, 4) is 5.75 Å². The van der Waals surface area contributed by atoms with Crippen LogP contribution in [0.4, 0.5) is 8.78 Å². The first kappa shape index (κ1) is 16.5. The summed E-state index contributed by atoms with van der Waals surface area (Å²) in [6, 6.07) is 10.2. The molecule has 23 heavy (non-hydrogen) atoms. The maximum atomic E-state index is 13.7. The van der Waals surface area contributed by atoms with Crippen molar-refractivity contribution in [2.45, 2.75) is 12.5 Å². The molecule has 2 nitrogen and oxygen atoms in total. The summed E-state index contributed by atoms with van der Waals surface area (Å²) in [7, 11) is 0. The third-order valence-corrected chi connectivity index (χ3v) is 4.68. The summed E-state index contributed by atoms with van der Waals surface area (Å²) in [5, 5.41) is 2.66. The van der Waals surface area contributed by atoms with Gasteiger partial charge in [-0.2, -0.15) is 0 Å². The SMILES string of the molecule is Fc1cc(F)c(Cl)c(O[C@H](c2ccccc2)[C@@H]2CCNC2)c1Cl. The average molecular weight is 358 g/mol. The number of hydrogen-bond acceptors (Lipinski definition) is 2. The van der Waals surface area contributed by atoms with Gasteiger partial charge in [0.1, 0.15) is 27.8 Å². The molecule has 1 aliphatic rings. The lowest BCUT2D eigenvalue weighted by atomic mass is 9.95. The fourth-order valence-corrected chi connectivity index (χ4v) is 3.23. The molecule has 0 aliphatic carbocycles. The highest BCUT2D eigenvalue weighted by Gasteiger charge is 2.30. The summed E-state index contributed by atoms with van der Waals surface area (Å²) >= 11 is 11.9. The predicted molar refractivity (Wildman–Crippen MR) is 87.2 cm³/mol. The summed E-state index contributed by atoms with van der Waals surface area (Å²) in [5.41, 5.74) is 0.915. The van der Waals surface area contributed by atoms with Crippen molar-refractivity contribution in [2.24, 2.45) is 5.92 Å². The van der Waals surface area contributed by atoms with Gasteiger partial charge in [0.2, 0.25) is 0 Å². The van der Waals surface area contributed by atoms with Crippen LogP contribution in [0, 0.1) is 17.6 Å². The highest BCUT2D eigenvalue weighted by atomic mass is 35.5. The van der Waals surface area contributed by atoms with Crippen molar-refractivity contribution < 1.29 is 13.5 Å². The average Bonchev–Trinajstić information content (AvgIpc) is 3.08. The van der Waals surface area contributed by atoms with Crippen molar-refractivity contribution in [1.29, 1.82) is 0 Å². The standard InChI is InChI=1S/C17H15Cl2F2NO/c18-14-12(20)8-13(21)15(19)17(14)23-16(11-6-7-22-9-11)10-4-2-1-3-5-10/h1-5,8,11,16,22H,6-7,9H2/t11-,16-/m1/s1. The van der Waals surface area contributed by atoms with Crippen LogP contribution in [0.15, 0.2) is 36.4 Å². The van der Waals surface area contributed by atoms with Crippen LogP contribution in [-0.4, -0.2) is 13.1 Å². The van der Waals surface area contributed by atoms with Crippen LogP contribution in [0.5, 0.6) is 5.75 Å². The zero-order valence-corrected chi connectivity index (χ0v) is 13.7. The lowest BCUT2D eigenvalue weighted by Crippen LogP contribution is -2.21. The van der Waals surface area contributed by atoms with Gasteiger partial charge in [-0.25, -0.2) is 8.78 Å². The minimum Gasteiger partial charge on any atom is -0.482 e. The fourth-order valence-electron chi connectivity index (χ4n) is 2.80.